The molecular weight excluding hydrogens is 502 g/mol. The van der Waals surface area contributed by atoms with E-state index in [1.54, 1.807) is 30.7 Å². The first-order valence-corrected chi connectivity index (χ1v) is 11.7. The average molecular weight is 524 g/mol. The Morgan fingerprint density at radius 3 is 2.56 bits per heavy atom. The molecule has 0 saturated carbocycles. The molecule has 2 aliphatic heterocycles. The quantitative estimate of drug-likeness (QED) is 0.299. The van der Waals surface area contributed by atoms with Gasteiger partial charge in [-0.25, -0.2) is 4.98 Å². The molecule has 5 rings (SSSR count). The first-order valence-electron chi connectivity index (χ1n) is 10.9. The minimum Gasteiger partial charge on any atom is -0.507 e. The predicted molar refractivity (Wildman–Crippen MR) is 127 cm³/mol. The van der Waals surface area contributed by atoms with Crippen molar-refractivity contribution in [1.82, 2.24) is 14.5 Å². The summed E-state index contributed by atoms with van der Waals surface area (Å²) in [4.78, 5) is 31.8. The Morgan fingerprint density at radius 1 is 1.06 bits per heavy atom. The van der Waals surface area contributed by atoms with Crippen LogP contribution in [0, 0.1) is 0 Å². The molecule has 2 aromatic carbocycles. The summed E-state index contributed by atoms with van der Waals surface area (Å²) in [6.45, 7) is 1.85. The van der Waals surface area contributed by atoms with Gasteiger partial charge in [0.05, 0.1) is 17.9 Å². The van der Waals surface area contributed by atoms with E-state index in [1.807, 2.05) is 35.0 Å². The van der Waals surface area contributed by atoms with Crippen LogP contribution in [0.4, 0.5) is 0 Å². The number of nitrogens with zero attached hydrogens (tertiary/aromatic N) is 3. The molecule has 0 radical (unpaired) electrons. The second-order valence-electron chi connectivity index (χ2n) is 8.06. The van der Waals surface area contributed by atoms with Crippen molar-refractivity contribution in [2.45, 2.75) is 19.0 Å². The molecule has 0 aliphatic carbocycles. The van der Waals surface area contributed by atoms with E-state index in [1.165, 1.54) is 4.90 Å². The van der Waals surface area contributed by atoms with Crippen LogP contribution in [0.15, 0.2) is 71.2 Å². The normalized spacial score (nSPS) is 19.0. The Kier molecular flexibility index (Phi) is 6.10. The number of halogens is 1. The molecule has 1 fully saturated rings. The van der Waals surface area contributed by atoms with Gasteiger partial charge in [0.25, 0.3) is 11.7 Å². The van der Waals surface area contributed by atoms with Crippen molar-refractivity contribution in [3.05, 3.63) is 82.4 Å². The maximum atomic E-state index is 13.2. The van der Waals surface area contributed by atoms with E-state index >= 15 is 0 Å². The number of fused-ring (bicyclic) bond motifs is 1. The number of hydrogen-bond acceptors (Lipinski definition) is 6. The van der Waals surface area contributed by atoms with Gasteiger partial charge >= 0.3 is 0 Å². The van der Waals surface area contributed by atoms with Gasteiger partial charge in [0.15, 0.2) is 11.5 Å². The van der Waals surface area contributed by atoms with Gasteiger partial charge in [0, 0.05) is 35.5 Å². The van der Waals surface area contributed by atoms with Crippen LogP contribution in [0.3, 0.4) is 0 Å². The van der Waals surface area contributed by atoms with E-state index < -0.39 is 17.7 Å². The molecule has 8 nitrogen and oxygen atoms in total. The highest BCUT2D eigenvalue weighted by Gasteiger charge is 2.45. The van der Waals surface area contributed by atoms with E-state index in [-0.39, 0.29) is 11.3 Å². The third-order valence-electron chi connectivity index (χ3n) is 5.92. The summed E-state index contributed by atoms with van der Waals surface area (Å²) in [5.41, 5.74) is 1.19. The molecule has 1 unspecified atom stereocenters. The number of Topliss-reactive ketones (excluding diaryl/α,β-unsaturated/α-hetero) is 1. The number of rotatable bonds is 6. The third kappa shape index (κ3) is 4.19. The highest BCUT2D eigenvalue weighted by atomic mass is 79.9. The standard InChI is InChI=1S/C25H22BrN3O5/c26-18-5-2-16(3-6-18)22-21(23(30)17-4-7-19-20(14-17)34-13-12-33-19)24(31)25(32)29(22)10-1-9-28-11-8-27-15-28/h2-8,11,14-15,22,30H,1,9-10,12-13H2. The lowest BCUT2D eigenvalue weighted by atomic mass is 9.95. The fourth-order valence-electron chi connectivity index (χ4n) is 4.29. The zero-order valence-corrected chi connectivity index (χ0v) is 19.8. The summed E-state index contributed by atoms with van der Waals surface area (Å²) < 4.78 is 14.0. The molecule has 1 aromatic heterocycles. The second-order valence-corrected chi connectivity index (χ2v) is 8.97. The Bertz CT molecular complexity index is 1250. The molecule has 1 atom stereocenters. The topological polar surface area (TPSA) is 93.9 Å². The number of benzene rings is 2. The molecule has 1 saturated heterocycles. The number of hydrogen-bond donors (Lipinski definition) is 1. The van der Waals surface area contributed by atoms with Crippen LogP contribution < -0.4 is 9.47 Å². The van der Waals surface area contributed by atoms with E-state index in [2.05, 4.69) is 20.9 Å². The Hall–Kier alpha value is -3.59. The number of ketones is 1. The van der Waals surface area contributed by atoms with E-state index in [0.717, 1.165) is 10.0 Å². The lowest BCUT2D eigenvalue weighted by Gasteiger charge is -2.25. The van der Waals surface area contributed by atoms with Crippen molar-refractivity contribution in [3.8, 4) is 11.5 Å². The van der Waals surface area contributed by atoms with Crippen LogP contribution >= 0.6 is 15.9 Å². The first-order chi connectivity index (χ1) is 16.5. The van der Waals surface area contributed by atoms with Gasteiger partial charge in [-0.1, -0.05) is 28.1 Å². The summed E-state index contributed by atoms with van der Waals surface area (Å²) in [6, 6.07) is 11.7. The van der Waals surface area contributed by atoms with Gasteiger partial charge in [0.1, 0.15) is 19.0 Å². The van der Waals surface area contributed by atoms with Crippen LogP contribution in [0.25, 0.3) is 5.76 Å². The minimum absolute atomic E-state index is 0.0617. The summed E-state index contributed by atoms with van der Waals surface area (Å²) in [5.74, 6) is -0.502. The molecule has 3 aromatic rings. The highest BCUT2D eigenvalue weighted by molar-refractivity contribution is 9.10. The van der Waals surface area contributed by atoms with E-state index in [0.29, 0.717) is 49.8 Å². The zero-order valence-electron chi connectivity index (χ0n) is 18.2. The fourth-order valence-corrected chi connectivity index (χ4v) is 4.56. The zero-order chi connectivity index (χ0) is 23.7. The smallest absolute Gasteiger partial charge is 0.295 e. The van der Waals surface area contributed by atoms with E-state index in [9.17, 15) is 14.7 Å². The first kappa shape index (κ1) is 22.2. The van der Waals surface area contributed by atoms with Crippen molar-refractivity contribution in [2.24, 2.45) is 0 Å². The monoisotopic (exact) mass is 523 g/mol. The largest absolute Gasteiger partial charge is 0.507 e. The minimum atomic E-state index is -0.706. The number of aliphatic hydroxyl groups is 1. The SMILES string of the molecule is O=C1C(=O)N(CCCn2ccnc2)C(c2ccc(Br)cc2)C1=C(O)c1ccc2c(c1)OCCO2. The molecule has 0 spiro atoms. The van der Waals surface area contributed by atoms with Crippen molar-refractivity contribution in [3.63, 3.8) is 0 Å². The summed E-state index contributed by atoms with van der Waals surface area (Å²) in [7, 11) is 0. The molecule has 3 heterocycles. The summed E-state index contributed by atoms with van der Waals surface area (Å²) in [6.07, 6.45) is 5.88. The molecular formula is C25H22BrN3O5. The number of likely N-dealkylation sites (tertiary alicyclic amines) is 1. The fraction of sp³-hybridized carbons (Fsp3) is 0.240. The van der Waals surface area contributed by atoms with Gasteiger partial charge in [-0.3, -0.25) is 9.59 Å². The van der Waals surface area contributed by atoms with Crippen molar-refractivity contribution >= 4 is 33.4 Å². The maximum Gasteiger partial charge on any atom is 0.295 e. The van der Waals surface area contributed by atoms with Gasteiger partial charge in [-0.2, -0.15) is 0 Å². The number of imidazole rings is 1. The Morgan fingerprint density at radius 2 is 1.82 bits per heavy atom. The van der Waals surface area contributed by atoms with Crippen LogP contribution in [-0.4, -0.2) is 51.0 Å². The Labute approximate surface area is 204 Å². The lowest BCUT2D eigenvalue weighted by molar-refractivity contribution is -0.139. The number of aromatic nitrogens is 2. The van der Waals surface area contributed by atoms with Crippen molar-refractivity contribution in [1.29, 1.82) is 0 Å². The van der Waals surface area contributed by atoms with Crippen LogP contribution in [0.5, 0.6) is 11.5 Å². The molecule has 174 valence electrons. The number of aliphatic hydroxyl groups excluding tert-OH is 1. The number of carbonyl (C=O) groups excluding carboxylic acids is 2. The van der Waals surface area contributed by atoms with Gasteiger partial charge in [-0.05, 0) is 42.3 Å². The van der Waals surface area contributed by atoms with Crippen molar-refractivity contribution < 1.29 is 24.2 Å². The van der Waals surface area contributed by atoms with E-state index in [4.69, 9.17) is 9.47 Å². The molecule has 34 heavy (non-hydrogen) atoms. The van der Waals surface area contributed by atoms with Crippen LogP contribution in [0.2, 0.25) is 0 Å². The van der Waals surface area contributed by atoms with Crippen LogP contribution in [0.1, 0.15) is 23.6 Å². The van der Waals surface area contributed by atoms with Gasteiger partial charge in [0.2, 0.25) is 0 Å². The number of aryl methyl sites for hydroxylation is 1. The number of ether oxygens (including phenoxy) is 2. The van der Waals surface area contributed by atoms with Crippen molar-refractivity contribution in [2.75, 3.05) is 19.8 Å². The van der Waals surface area contributed by atoms with Gasteiger partial charge < -0.3 is 24.0 Å². The summed E-state index contributed by atoms with van der Waals surface area (Å²) in [5, 5.41) is 11.3. The molecule has 1 N–H and O–H groups in total. The van der Waals surface area contributed by atoms with Crippen LogP contribution in [-0.2, 0) is 16.1 Å². The Balaban J connectivity index is 1.53. The third-order valence-corrected chi connectivity index (χ3v) is 6.44. The molecule has 9 heteroatoms. The molecule has 0 bridgehead atoms. The molecule has 1 amide bonds. The lowest BCUT2D eigenvalue weighted by Crippen LogP contribution is -2.31. The average Bonchev–Trinajstić information content (AvgIpc) is 3.46. The number of amides is 1. The summed E-state index contributed by atoms with van der Waals surface area (Å²) >= 11 is 3.43. The maximum absolute atomic E-state index is 13.2. The predicted octanol–water partition coefficient (Wildman–Crippen LogP) is 3.93. The molecule has 2 aliphatic rings. The highest BCUT2D eigenvalue weighted by Crippen LogP contribution is 2.41. The second kappa shape index (κ2) is 9.34. The van der Waals surface area contributed by atoms with Gasteiger partial charge in [-0.15, -0.1) is 0 Å². The number of carbonyl (C=O) groups is 2.